The van der Waals surface area contributed by atoms with Gasteiger partial charge >= 0.3 is 0 Å². The van der Waals surface area contributed by atoms with Gasteiger partial charge in [0.05, 0.1) is 20.3 Å². The quantitative estimate of drug-likeness (QED) is 0.431. The van der Waals surface area contributed by atoms with E-state index in [2.05, 4.69) is 20.4 Å². The summed E-state index contributed by atoms with van der Waals surface area (Å²) in [4.78, 5) is 21.6. The molecule has 1 unspecified atom stereocenters. The van der Waals surface area contributed by atoms with Gasteiger partial charge in [0, 0.05) is 36.5 Å². The molecule has 174 valence electrons. The predicted octanol–water partition coefficient (Wildman–Crippen LogP) is 2.48. The highest BCUT2D eigenvalue weighted by Gasteiger charge is 2.20. The number of nitrogens with one attached hydrogen (secondary N) is 1. The van der Waals surface area contributed by atoms with Crippen LogP contribution in [0.25, 0.3) is 16.8 Å². The number of carbonyl (C=O) groups is 1. The molecule has 1 aliphatic heterocycles. The highest BCUT2D eigenvalue weighted by Crippen LogP contribution is 2.26. The fourth-order valence-corrected chi connectivity index (χ4v) is 3.83. The van der Waals surface area contributed by atoms with Crippen molar-refractivity contribution in [2.75, 3.05) is 26.1 Å². The van der Waals surface area contributed by atoms with Gasteiger partial charge in [0.2, 0.25) is 11.8 Å². The summed E-state index contributed by atoms with van der Waals surface area (Å²) in [5.74, 6) is 0.854. The van der Waals surface area contributed by atoms with Crippen LogP contribution in [0.15, 0.2) is 54.9 Å². The molecule has 0 bridgehead atoms. The number of carbonyl (C=O) groups excluding carboxylic acids is 1. The van der Waals surface area contributed by atoms with Gasteiger partial charge in [-0.1, -0.05) is 18.2 Å². The Bertz CT molecular complexity index is 1330. The molecule has 1 saturated heterocycles. The molecule has 5 rings (SSSR count). The van der Waals surface area contributed by atoms with Gasteiger partial charge in [-0.05, 0) is 29.8 Å². The second-order valence-electron chi connectivity index (χ2n) is 7.86. The number of hydrogen-bond acceptors (Lipinski definition) is 8. The molecule has 0 radical (unpaired) electrons. The Hall–Kier alpha value is -4.18. The number of aromatic nitrogens is 4. The number of rotatable bonds is 7. The Labute approximate surface area is 195 Å². The molecule has 1 aliphatic rings. The third-order valence-electron chi connectivity index (χ3n) is 5.57. The molecule has 1 aromatic carbocycles. The molecule has 3 aromatic heterocycles. The first kappa shape index (κ1) is 21.7. The molecule has 1 fully saturated rings. The summed E-state index contributed by atoms with van der Waals surface area (Å²) in [7, 11) is 1.48. The molecule has 4 heterocycles. The zero-order valence-electron chi connectivity index (χ0n) is 18.6. The smallest absolute Gasteiger partial charge is 0.257 e. The lowest BCUT2D eigenvalue weighted by Crippen LogP contribution is -2.25. The molecule has 4 aromatic rings. The van der Waals surface area contributed by atoms with Gasteiger partial charge in [-0.3, -0.25) is 4.79 Å². The maximum absolute atomic E-state index is 13.1. The summed E-state index contributed by atoms with van der Waals surface area (Å²) in [6.45, 7) is 1.56. The van der Waals surface area contributed by atoms with E-state index < -0.39 is 0 Å². The van der Waals surface area contributed by atoms with E-state index in [9.17, 15) is 4.79 Å². The highest BCUT2D eigenvalue weighted by molar-refractivity contribution is 5.97. The first-order chi connectivity index (χ1) is 16.6. The normalized spacial score (nSPS) is 15.4. The molecule has 0 saturated carbocycles. The van der Waals surface area contributed by atoms with Crippen LogP contribution in [0.1, 0.15) is 22.3 Å². The standard InChI is InChI=1S/C24H24N6O4/c1-32-23-19(10-17(13-27-23)15-6-8-30-21(11-15)28-24(25)29-30)22(31)26-12-16-4-2-3-5-20(16)34-18-7-9-33-14-18/h2-6,8,10-11,13,18H,7,9,12,14H2,1H3,(H2,25,29)(H,26,31). The fraction of sp³-hybridized carbons (Fsp3) is 0.250. The Morgan fingerprint density at radius 1 is 1.26 bits per heavy atom. The molecule has 0 spiro atoms. The van der Waals surface area contributed by atoms with Crippen molar-refractivity contribution in [3.8, 4) is 22.8 Å². The van der Waals surface area contributed by atoms with Crippen LogP contribution < -0.4 is 20.5 Å². The molecular formula is C24H24N6O4. The summed E-state index contributed by atoms with van der Waals surface area (Å²) in [5.41, 5.74) is 9.03. The lowest BCUT2D eigenvalue weighted by molar-refractivity contribution is 0.0946. The van der Waals surface area contributed by atoms with Crippen molar-refractivity contribution in [3.63, 3.8) is 0 Å². The molecule has 1 amide bonds. The predicted molar refractivity (Wildman–Crippen MR) is 125 cm³/mol. The number of para-hydroxylation sites is 1. The minimum Gasteiger partial charge on any atom is -0.488 e. The van der Waals surface area contributed by atoms with Crippen LogP contribution in [0.5, 0.6) is 11.6 Å². The number of methoxy groups -OCH3 is 1. The van der Waals surface area contributed by atoms with Crippen molar-refractivity contribution < 1.29 is 19.0 Å². The molecule has 10 heteroatoms. The number of pyridine rings is 2. The Balaban J connectivity index is 1.36. The minimum absolute atomic E-state index is 0.0239. The van der Waals surface area contributed by atoms with E-state index in [-0.39, 0.29) is 23.8 Å². The zero-order valence-corrected chi connectivity index (χ0v) is 18.6. The lowest BCUT2D eigenvalue weighted by Gasteiger charge is -2.16. The summed E-state index contributed by atoms with van der Waals surface area (Å²) in [6.07, 6.45) is 4.28. The molecular weight excluding hydrogens is 436 g/mol. The van der Waals surface area contributed by atoms with Crippen molar-refractivity contribution in [1.29, 1.82) is 0 Å². The number of nitrogen functional groups attached to an aromatic ring is 1. The monoisotopic (exact) mass is 460 g/mol. The number of nitrogens with two attached hydrogens (primary N) is 1. The summed E-state index contributed by atoms with van der Waals surface area (Å²) in [5, 5.41) is 7.03. The minimum atomic E-state index is -0.307. The van der Waals surface area contributed by atoms with Gasteiger partial charge < -0.3 is 25.3 Å². The van der Waals surface area contributed by atoms with E-state index in [1.165, 1.54) is 7.11 Å². The average molecular weight is 460 g/mol. The van der Waals surface area contributed by atoms with E-state index in [0.717, 1.165) is 28.9 Å². The first-order valence-electron chi connectivity index (χ1n) is 10.9. The molecule has 34 heavy (non-hydrogen) atoms. The van der Waals surface area contributed by atoms with Crippen molar-refractivity contribution in [2.24, 2.45) is 0 Å². The topological polar surface area (TPSA) is 126 Å². The summed E-state index contributed by atoms with van der Waals surface area (Å²) >= 11 is 0. The second kappa shape index (κ2) is 9.36. The van der Waals surface area contributed by atoms with Gasteiger partial charge in [0.25, 0.3) is 5.91 Å². The number of fused-ring (bicyclic) bond motifs is 1. The Morgan fingerprint density at radius 3 is 2.97 bits per heavy atom. The van der Waals surface area contributed by atoms with Crippen molar-refractivity contribution in [1.82, 2.24) is 24.9 Å². The summed E-state index contributed by atoms with van der Waals surface area (Å²) in [6, 6.07) is 13.1. The van der Waals surface area contributed by atoms with Crippen molar-refractivity contribution in [2.45, 2.75) is 19.1 Å². The Morgan fingerprint density at radius 2 is 2.15 bits per heavy atom. The van der Waals surface area contributed by atoms with Crippen LogP contribution >= 0.6 is 0 Å². The van der Waals surface area contributed by atoms with Crippen molar-refractivity contribution in [3.05, 3.63) is 66.0 Å². The van der Waals surface area contributed by atoms with Crippen LogP contribution in [-0.4, -0.2) is 51.9 Å². The first-order valence-corrected chi connectivity index (χ1v) is 10.9. The van der Waals surface area contributed by atoms with E-state index in [4.69, 9.17) is 19.9 Å². The molecule has 10 nitrogen and oxygen atoms in total. The van der Waals surface area contributed by atoms with Gasteiger partial charge in [-0.2, -0.15) is 4.98 Å². The van der Waals surface area contributed by atoms with Crippen LogP contribution in [0, 0.1) is 0 Å². The third-order valence-corrected chi connectivity index (χ3v) is 5.57. The average Bonchev–Trinajstić information content (AvgIpc) is 3.50. The lowest BCUT2D eigenvalue weighted by atomic mass is 10.1. The largest absolute Gasteiger partial charge is 0.488 e. The van der Waals surface area contributed by atoms with Crippen LogP contribution in [0.3, 0.4) is 0 Å². The number of nitrogens with zero attached hydrogens (tertiary/aromatic N) is 4. The van der Waals surface area contributed by atoms with E-state index in [1.807, 2.05) is 36.4 Å². The second-order valence-corrected chi connectivity index (χ2v) is 7.86. The number of anilines is 1. The number of hydrogen-bond donors (Lipinski definition) is 2. The number of benzene rings is 1. The number of amides is 1. The van der Waals surface area contributed by atoms with E-state index >= 15 is 0 Å². The molecule has 0 aliphatic carbocycles. The van der Waals surface area contributed by atoms with Gasteiger partial charge in [0.1, 0.15) is 17.4 Å². The van der Waals surface area contributed by atoms with E-state index in [0.29, 0.717) is 31.0 Å². The zero-order chi connectivity index (χ0) is 23.5. The van der Waals surface area contributed by atoms with E-state index in [1.54, 1.807) is 23.0 Å². The van der Waals surface area contributed by atoms with Crippen molar-refractivity contribution >= 4 is 17.5 Å². The van der Waals surface area contributed by atoms with Crippen LogP contribution in [0.2, 0.25) is 0 Å². The maximum atomic E-state index is 13.1. The maximum Gasteiger partial charge on any atom is 0.257 e. The van der Waals surface area contributed by atoms with Gasteiger partial charge in [-0.15, -0.1) is 5.10 Å². The highest BCUT2D eigenvalue weighted by atomic mass is 16.5. The van der Waals surface area contributed by atoms with Gasteiger partial charge in [0.15, 0.2) is 5.65 Å². The molecule has 3 N–H and O–H groups in total. The van der Waals surface area contributed by atoms with Crippen LogP contribution in [-0.2, 0) is 11.3 Å². The third kappa shape index (κ3) is 4.48. The summed E-state index contributed by atoms with van der Waals surface area (Å²) < 4.78 is 18.4. The fourth-order valence-electron chi connectivity index (χ4n) is 3.83. The molecule has 1 atom stereocenters. The van der Waals surface area contributed by atoms with Gasteiger partial charge in [-0.25, -0.2) is 9.50 Å². The SMILES string of the molecule is COc1ncc(-c2ccn3nc(N)nc3c2)cc1C(=O)NCc1ccccc1OC1CCOC1. The Kier molecular flexibility index (Phi) is 5.96. The number of ether oxygens (including phenoxy) is 3. The van der Waals surface area contributed by atoms with Crippen LogP contribution in [0.4, 0.5) is 5.95 Å².